The number of rotatable bonds is 17. The lowest BCUT2D eigenvalue weighted by atomic mass is 10.1. The minimum Gasteiger partial charge on any atom is -0.462 e. The molecule has 0 aromatic heterocycles. The zero-order valence-corrected chi connectivity index (χ0v) is 20.8. The standard InChI is InChI=1S/C16H30O2.C10H14O4/c1-4-5-6-7-8-9-10-11-12-13-14-18-16(17)15(2)3;1-7(2)9(11)13-5-6-14-10(12)8(3)4/h2,4-14H2,1,3H3;1,3,5-6H2,2,4H3. The van der Waals surface area contributed by atoms with Gasteiger partial charge in [-0.3, -0.25) is 0 Å². The molecule has 0 aliphatic rings. The van der Waals surface area contributed by atoms with Gasteiger partial charge in [-0.2, -0.15) is 0 Å². The van der Waals surface area contributed by atoms with Crippen LogP contribution in [0.5, 0.6) is 0 Å². The number of hydrogen-bond acceptors (Lipinski definition) is 6. The van der Waals surface area contributed by atoms with Crippen molar-refractivity contribution in [3.8, 4) is 0 Å². The fourth-order valence-electron chi connectivity index (χ4n) is 2.39. The van der Waals surface area contributed by atoms with Crippen molar-refractivity contribution in [1.29, 1.82) is 0 Å². The van der Waals surface area contributed by atoms with Crippen LogP contribution in [-0.2, 0) is 28.6 Å². The zero-order valence-electron chi connectivity index (χ0n) is 20.8. The van der Waals surface area contributed by atoms with E-state index in [1.165, 1.54) is 57.8 Å². The number of carbonyl (C=O) groups is 3. The Morgan fingerprint density at radius 3 is 1.09 bits per heavy atom. The van der Waals surface area contributed by atoms with Crippen LogP contribution in [-0.4, -0.2) is 37.7 Å². The van der Waals surface area contributed by atoms with Crippen LogP contribution in [0.25, 0.3) is 0 Å². The quantitative estimate of drug-likeness (QED) is 0.112. The molecule has 0 radical (unpaired) electrons. The van der Waals surface area contributed by atoms with Crippen molar-refractivity contribution in [2.75, 3.05) is 19.8 Å². The maximum atomic E-state index is 11.1. The molecule has 0 atom stereocenters. The van der Waals surface area contributed by atoms with Crippen LogP contribution in [0.2, 0.25) is 0 Å². The highest BCUT2D eigenvalue weighted by Crippen LogP contribution is 2.10. The molecule has 32 heavy (non-hydrogen) atoms. The van der Waals surface area contributed by atoms with Crippen molar-refractivity contribution in [2.24, 2.45) is 0 Å². The van der Waals surface area contributed by atoms with E-state index in [0.29, 0.717) is 23.3 Å². The normalized spacial score (nSPS) is 9.75. The largest absolute Gasteiger partial charge is 0.462 e. The average Bonchev–Trinajstić information content (AvgIpc) is 2.74. The molecule has 184 valence electrons. The van der Waals surface area contributed by atoms with Crippen LogP contribution in [0, 0.1) is 0 Å². The van der Waals surface area contributed by atoms with Gasteiger partial charge in [-0.1, -0.05) is 84.4 Å². The molecule has 0 bridgehead atoms. The van der Waals surface area contributed by atoms with Crippen LogP contribution in [0.4, 0.5) is 0 Å². The Kier molecular flexibility index (Phi) is 21.7. The maximum absolute atomic E-state index is 11.1. The highest BCUT2D eigenvalue weighted by Gasteiger charge is 2.05. The average molecular weight is 453 g/mol. The summed E-state index contributed by atoms with van der Waals surface area (Å²) in [5.74, 6) is -1.24. The van der Waals surface area contributed by atoms with Crippen molar-refractivity contribution >= 4 is 17.9 Å². The van der Waals surface area contributed by atoms with Crippen molar-refractivity contribution in [3.63, 3.8) is 0 Å². The Balaban J connectivity index is 0. The lowest BCUT2D eigenvalue weighted by Crippen LogP contribution is -2.14. The molecule has 0 spiro atoms. The topological polar surface area (TPSA) is 78.9 Å². The molecule has 0 unspecified atom stereocenters. The summed E-state index contributed by atoms with van der Waals surface area (Å²) in [6.45, 7) is 18.0. The number of hydrogen-bond donors (Lipinski definition) is 0. The summed E-state index contributed by atoms with van der Waals surface area (Å²) in [6, 6.07) is 0. The summed E-state index contributed by atoms with van der Waals surface area (Å²) in [6.07, 6.45) is 13.0. The molecule has 0 aliphatic carbocycles. The van der Waals surface area contributed by atoms with Crippen molar-refractivity contribution in [3.05, 3.63) is 36.5 Å². The van der Waals surface area contributed by atoms with Gasteiger partial charge in [-0.25, -0.2) is 14.4 Å². The highest BCUT2D eigenvalue weighted by molar-refractivity contribution is 5.87. The molecule has 0 aromatic carbocycles. The summed E-state index contributed by atoms with van der Waals surface area (Å²) in [5, 5.41) is 0. The second-order valence-electron chi connectivity index (χ2n) is 7.93. The van der Waals surface area contributed by atoms with E-state index < -0.39 is 11.9 Å². The third-order valence-corrected chi connectivity index (χ3v) is 4.33. The fourth-order valence-corrected chi connectivity index (χ4v) is 2.39. The van der Waals surface area contributed by atoms with Gasteiger partial charge in [0.2, 0.25) is 0 Å². The molecular weight excluding hydrogens is 408 g/mol. The molecule has 0 saturated carbocycles. The van der Waals surface area contributed by atoms with Gasteiger partial charge in [-0.05, 0) is 27.2 Å². The van der Waals surface area contributed by atoms with Gasteiger partial charge in [0, 0.05) is 16.7 Å². The number of carbonyl (C=O) groups excluding carboxylic acids is 3. The van der Waals surface area contributed by atoms with Crippen molar-refractivity contribution in [2.45, 2.75) is 91.9 Å². The minimum atomic E-state index is -0.489. The van der Waals surface area contributed by atoms with E-state index >= 15 is 0 Å². The third kappa shape index (κ3) is 22.3. The third-order valence-electron chi connectivity index (χ3n) is 4.33. The highest BCUT2D eigenvalue weighted by atomic mass is 16.6. The summed E-state index contributed by atoms with van der Waals surface area (Å²) in [7, 11) is 0. The minimum absolute atomic E-state index is 0.0325. The smallest absolute Gasteiger partial charge is 0.333 e. The summed E-state index contributed by atoms with van der Waals surface area (Å²) in [5.41, 5.74) is 1.12. The van der Waals surface area contributed by atoms with E-state index in [4.69, 9.17) is 4.74 Å². The second-order valence-corrected chi connectivity index (χ2v) is 7.93. The number of ether oxygens (including phenoxy) is 3. The monoisotopic (exact) mass is 452 g/mol. The molecule has 0 saturated heterocycles. The first-order chi connectivity index (χ1) is 15.1. The Bertz CT molecular complexity index is 563. The number of esters is 3. The van der Waals surface area contributed by atoms with Gasteiger partial charge in [0.05, 0.1) is 6.61 Å². The predicted octanol–water partition coefficient (Wildman–Crippen LogP) is 6.25. The molecule has 0 N–H and O–H groups in total. The van der Waals surface area contributed by atoms with Gasteiger partial charge >= 0.3 is 17.9 Å². The lowest BCUT2D eigenvalue weighted by Gasteiger charge is -2.05. The van der Waals surface area contributed by atoms with Gasteiger partial charge in [0.15, 0.2) is 0 Å². The Morgan fingerprint density at radius 2 is 0.781 bits per heavy atom. The first kappa shape index (κ1) is 31.8. The van der Waals surface area contributed by atoms with E-state index in [1.54, 1.807) is 20.8 Å². The SMILES string of the molecule is C=C(C)C(=O)OCCCCCCCCCCCC.C=C(C)C(=O)OCCOC(=O)C(=C)C. The molecule has 6 heteroatoms. The Morgan fingerprint density at radius 1 is 0.500 bits per heavy atom. The number of unbranched alkanes of at least 4 members (excludes halogenated alkanes) is 9. The molecule has 0 heterocycles. The van der Waals surface area contributed by atoms with Crippen LogP contribution in [0.3, 0.4) is 0 Å². The molecule has 0 fully saturated rings. The van der Waals surface area contributed by atoms with Gasteiger partial charge < -0.3 is 14.2 Å². The first-order valence-electron chi connectivity index (χ1n) is 11.6. The molecular formula is C26H44O6. The molecule has 0 rings (SSSR count). The lowest BCUT2D eigenvalue weighted by molar-refractivity contribution is -0.147. The van der Waals surface area contributed by atoms with Crippen LogP contribution < -0.4 is 0 Å². The molecule has 0 amide bonds. The summed E-state index contributed by atoms with van der Waals surface area (Å²) in [4.78, 5) is 32.8. The van der Waals surface area contributed by atoms with Crippen molar-refractivity contribution < 1.29 is 28.6 Å². The second kappa shape index (κ2) is 21.8. The first-order valence-corrected chi connectivity index (χ1v) is 11.6. The van der Waals surface area contributed by atoms with Crippen LogP contribution >= 0.6 is 0 Å². The summed E-state index contributed by atoms with van der Waals surface area (Å²) < 4.78 is 14.4. The van der Waals surface area contributed by atoms with Crippen LogP contribution in [0.1, 0.15) is 91.9 Å². The van der Waals surface area contributed by atoms with E-state index in [0.717, 1.165) is 6.42 Å². The summed E-state index contributed by atoms with van der Waals surface area (Å²) >= 11 is 0. The molecule has 6 nitrogen and oxygen atoms in total. The predicted molar refractivity (Wildman–Crippen MR) is 129 cm³/mol. The Labute approximate surface area is 195 Å². The van der Waals surface area contributed by atoms with E-state index in [9.17, 15) is 14.4 Å². The maximum Gasteiger partial charge on any atom is 0.333 e. The van der Waals surface area contributed by atoms with Gasteiger partial charge in [0.1, 0.15) is 13.2 Å². The molecule has 0 aromatic rings. The van der Waals surface area contributed by atoms with Crippen LogP contribution in [0.15, 0.2) is 36.5 Å². The zero-order chi connectivity index (χ0) is 24.8. The van der Waals surface area contributed by atoms with Crippen molar-refractivity contribution in [1.82, 2.24) is 0 Å². The van der Waals surface area contributed by atoms with E-state index in [-0.39, 0.29) is 19.2 Å². The van der Waals surface area contributed by atoms with E-state index in [2.05, 4.69) is 36.1 Å². The van der Waals surface area contributed by atoms with Gasteiger partial charge in [0.25, 0.3) is 0 Å². The fraction of sp³-hybridized carbons (Fsp3) is 0.654. The Hall–Kier alpha value is -2.37. The molecule has 0 aliphatic heterocycles. The van der Waals surface area contributed by atoms with Gasteiger partial charge in [-0.15, -0.1) is 0 Å². The van der Waals surface area contributed by atoms with E-state index in [1.807, 2.05) is 0 Å².